The van der Waals surface area contributed by atoms with E-state index in [-0.39, 0.29) is 0 Å². The van der Waals surface area contributed by atoms with E-state index in [0.717, 1.165) is 62.8 Å². The van der Waals surface area contributed by atoms with Crippen molar-refractivity contribution in [3.63, 3.8) is 0 Å². The van der Waals surface area contributed by atoms with Crippen LogP contribution in [0.3, 0.4) is 0 Å². The Morgan fingerprint density at radius 1 is 1.00 bits per heavy atom. The molecule has 0 atom stereocenters. The molecule has 4 rings (SSSR count). The Morgan fingerprint density at radius 2 is 1.70 bits per heavy atom. The highest BCUT2D eigenvalue weighted by Crippen LogP contribution is 2.34. The molecule has 27 heavy (non-hydrogen) atoms. The summed E-state index contributed by atoms with van der Waals surface area (Å²) in [7, 11) is 3.39. The monoisotopic (exact) mass is 369 g/mol. The van der Waals surface area contributed by atoms with E-state index < -0.39 is 0 Å². The fourth-order valence-corrected chi connectivity index (χ4v) is 4.20. The summed E-state index contributed by atoms with van der Waals surface area (Å²) in [6.45, 7) is 4.03. The summed E-state index contributed by atoms with van der Waals surface area (Å²) >= 11 is 0. The molecule has 3 heterocycles. The van der Waals surface area contributed by atoms with E-state index in [1.165, 1.54) is 11.1 Å². The number of methoxy groups -OCH3 is 2. The van der Waals surface area contributed by atoms with Gasteiger partial charge in [0.05, 0.1) is 26.6 Å². The molecule has 2 aliphatic rings. The lowest BCUT2D eigenvalue weighted by Gasteiger charge is -2.41. The van der Waals surface area contributed by atoms with Crippen molar-refractivity contribution in [1.82, 2.24) is 14.9 Å². The number of anilines is 2. The van der Waals surface area contributed by atoms with Gasteiger partial charge in [0.15, 0.2) is 11.5 Å². The molecule has 2 aromatic rings. The first-order valence-electron chi connectivity index (χ1n) is 9.48. The van der Waals surface area contributed by atoms with Gasteiger partial charge in [-0.25, -0.2) is 4.98 Å². The van der Waals surface area contributed by atoms with E-state index in [0.29, 0.717) is 11.9 Å². The predicted molar refractivity (Wildman–Crippen MR) is 105 cm³/mol. The van der Waals surface area contributed by atoms with Crippen LogP contribution in [0.25, 0.3) is 0 Å². The number of benzene rings is 1. The molecule has 0 spiro atoms. The standard InChI is InChI=1S/C20H27N5O2/c1-26-17-9-14-3-6-25(13-15(14)10-18(17)27-2)16-4-7-24(8-5-16)20-12-22-11-19(21)23-20/h9-12,16H,3-8,13H2,1-2H3,(H2,21,23). The Morgan fingerprint density at radius 3 is 2.37 bits per heavy atom. The molecule has 0 radical (unpaired) electrons. The summed E-state index contributed by atoms with van der Waals surface area (Å²) in [5.74, 6) is 3.00. The molecule has 1 aromatic carbocycles. The van der Waals surface area contributed by atoms with Crippen molar-refractivity contribution >= 4 is 11.6 Å². The van der Waals surface area contributed by atoms with Crippen LogP contribution in [-0.4, -0.2) is 54.8 Å². The molecule has 7 nitrogen and oxygen atoms in total. The van der Waals surface area contributed by atoms with Gasteiger partial charge >= 0.3 is 0 Å². The number of hydrogen-bond acceptors (Lipinski definition) is 7. The molecular weight excluding hydrogens is 342 g/mol. The largest absolute Gasteiger partial charge is 0.493 e. The van der Waals surface area contributed by atoms with Crippen LogP contribution in [0.4, 0.5) is 11.6 Å². The molecule has 0 amide bonds. The first-order chi connectivity index (χ1) is 13.2. The Hall–Kier alpha value is -2.54. The van der Waals surface area contributed by atoms with Crippen molar-refractivity contribution in [1.29, 1.82) is 0 Å². The van der Waals surface area contributed by atoms with Crippen molar-refractivity contribution in [2.45, 2.75) is 31.8 Å². The van der Waals surface area contributed by atoms with E-state index in [2.05, 4.69) is 31.9 Å². The van der Waals surface area contributed by atoms with Crippen LogP contribution in [0.5, 0.6) is 11.5 Å². The zero-order valence-corrected chi connectivity index (χ0v) is 16.0. The second-order valence-electron chi connectivity index (χ2n) is 7.22. The van der Waals surface area contributed by atoms with Gasteiger partial charge in [0.25, 0.3) is 0 Å². The second-order valence-corrected chi connectivity index (χ2v) is 7.22. The molecule has 2 aliphatic heterocycles. The number of nitrogens with two attached hydrogens (primary N) is 1. The van der Waals surface area contributed by atoms with Crippen molar-refractivity contribution < 1.29 is 9.47 Å². The molecule has 2 N–H and O–H groups in total. The van der Waals surface area contributed by atoms with Gasteiger partial charge in [0.2, 0.25) is 0 Å². The van der Waals surface area contributed by atoms with Crippen molar-refractivity contribution in [3.8, 4) is 11.5 Å². The third-order valence-corrected chi connectivity index (χ3v) is 5.69. The summed E-state index contributed by atoms with van der Waals surface area (Å²) in [5.41, 5.74) is 8.49. The molecule has 0 aliphatic carbocycles. The van der Waals surface area contributed by atoms with Crippen LogP contribution in [0, 0.1) is 0 Å². The van der Waals surface area contributed by atoms with E-state index in [4.69, 9.17) is 15.2 Å². The molecule has 1 saturated heterocycles. The molecule has 144 valence electrons. The number of piperidine rings is 1. The lowest BCUT2D eigenvalue weighted by atomic mass is 9.95. The molecular formula is C20H27N5O2. The third-order valence-electron chi connectivity index (χ3n) is 5.69. The highest BCUT2D eigenvalue weighted by molar-refractivity contribution is 5.48. The average molecular weight is 369 g/mol. The average Bonchev–Trinajstić information content (AvgIpc) is 2.72. The Bertz CT molecular complexity index is 805. The summed E-state index contributed by atoms with van der Waals surface area (Å²) in [5, 5.41) is 0. The van der Waals surface area contributed by atoms with E-state index in [1.54, 1.807) is 26.6 Å². The van der Waals surface area contributed by atoms with Gasteiger partial charge in [0, 0.05) is 32.2 Å². The summed E-state index contributed by atoms with van der Waals surface area (Å²) in [4.78, 5) is 13.5. The number of fused-ring (bicyclic) bond motifs is 1. The highest BCUT2D eigenvalue weighted by atomic mass is 16.5. The van der Waals surface area contributed by atoms with E-state index >= 15 is 0 Å². The quantitative estimate of drug-likeness (QED) is 0.884. The summed E-state index contributed by atoms with van der Waals surface area (Å²) < 4.78 is 10.9. The van der Waals surface area contributed by atoms with Crippen LogP contribution in [0.15, 0.2) is 24.5 Å². The maximum Gasteiger partial charge on any atom is 0.161 e. The van der Waals surface area contributed by atoms with Crippen LogP contribution < -0.4 is 20.1 Å². The number of ether oxygens (including phenoxy) is 2. The topological polar surface area (TPSA) is 76.7 Å². The van der Waals surface area contributed by atoms with Crippen LogP contribution in [-0.2, 0) is 13.0 Å². The van der Waals surface area contributed by atoms with E-state index in [1.807, 2.05) is 0 Å². The van der Waals surface area contributed by atoms with Crippen LogP contribution >= 0.6 is 0 Å². The van der Waals surface area contributed by atoms with Gasteiger partial charge < -0.3 is 20.1 Å². The van der Waals surface area contributed by atoms with Crippen molar-refractivity contribution in [2.24, 2.45) is 0 Å². The summed E-state index contributed by atoms with van der Waals surface area (Å²) in [6, 6.07) is 4.86. The Kier molecular flexibility index (Phi) is 5.03. The fourth-order valence-electron chi connectivity index (χ4n) is 4.20. The van der Waals surface area contributed by atoms with Crippen molar-refractivity contribution in [3.05, 3.63) is 35.7 Å². The molecule has 1 fully saturated rings. The van der Waals surface area contributed by atoms with Gasteiger partial charge in [-0.05, 0) is 42.5 Å². The van der Waals surface area contributed by atoms with Crippen LogP contribution in [0.1, 0.15) is 24.0 Å². The maximum atomic E-state index is 5.77. The normalized spacial score (nSPS) is 18.2. The minimum Gasteiger partial charge on any atom is -0.493 e. The van der Waals surface area contributed by atoms with Gasteiger partial charge in [-0.3, -0.25) is 9.88 Å². The fraction of sp³-hybridized carbons (Fsp3) is 0.500. The smallest absolute Gasteiger partial charge is 0.161 e. The molecule has 1 aromatic heterocycles. The third kappa shape index (κ3) is 3.64. The Labute approximate surface area is 160 Å². The first-order valence-corrected chi connectivity index (χ1v) is 9.48. The molecule has 0 unspecified atom stereocenters. The summed E-state index contributed by atoms with van der Waals surface area (Å²) in [6.07, 6.45) is 6.69. The second kappa shape index (κ2) is 7.60. The first kappa shape index (κ1) is 17.9. The molecule has 7 heteroatoms. The van der Waals surface area contributed by atoms with Gasteiger partial charge in [-0.1, -0.05) is 0 Å². The maximum absolute atomic E-state index is 5.77. The number of nitrogens with zero attached hydrogens (tertiary/aromatic N) is 4. The van der Waals surface area contributed by atoms with Gasteiger partial charge in [-0.15, -0.1) is 0 Å². The van der Waals surface area contributed by atoms with Gasteiger partial charge in [-0.2, -0.15) is 0 Å². The molecule has 0 bridgehead atoms. The Balaban J connectivity index is 1.41. The zero-order chi connectivity index (χ0) is 18.8. The number of hydrogen-bond donors (Lipinski definition) is 1. The van der Waals surface area contributed by atoms with Crippen molar-refractivity contribution in [2.75, 3.05) is 44.5 Å². The zero-order valence-electron chi connectivity index (χ0n) is 16.0. The number of rotatable bonds is 4. The number of nitrogen functional groups attached to an aromatic ring is 1. The van der Waals surface area contributed by atoms with Gasteiger partial charge in [0.1, 0.15) is 11.6 Å². The van der Waals surface area contributed by atoms with Crippen LogP contribution in [0.2, 0.25) is 0 Å². The lowest BCUT2D eigenvalue weighted by Crippen LogP contribution is -2.46. The number of aromatic nitrogens is 2. The lowest BCUT2D eigenvalue weighted by molar-refractivity contribution is 0.152. The van der Waals surface area contributed by atoms with E-state index in [9.17, 15) is 0 Å². The minimum absolute atomic E-state index is 0.478. The highest BCUT2D eigenvalue weighted by Gasteiger charge is 2.28. The molecule has 0 saturated carbocycles. The minimum atomic E-state index is 0.478. The SMILES string of the molecule is COc1cc2c(cc1OC)CN(C1CCN(c3cncc(N)n3)CC1)CC2. The predicted octanol–water partition coefficient (Wildman–Crippen LogP) is 2.10.